The molecule has 0 aromatic rings. The summed E-state index contributed by atoms with van der Waals surface area (Å²) < 4.78 is 0.554. The zero-order valence-electron chi connectivity index (χ0n) is 8.53. The molecule has 1 atom stereocenters. The summed E-state index contributed by atoms with van der Waals surface area (Å²) >= 11 is 9.12. The molecule has 0 spiro atoms. The van der Waals surface area contributed by atoms with Crippen LogP contribution in [0.1, 0.15) is 27.7 Å². The zero-order chi connectivity index (χ0) is 10.6. The Morgan fingerprint density at radius 3 is 2.38 bits per heavy atom. The predicted molar refractivity (Wildman–Crippen MR) is 62.8 cm³/mol. The topological polar surface area (TPSA) is 27.0 Å². The van der Waals surface area contributed by atoms with E-state index in [-0.39, 0.29) is 6.04 Å². The molecule has 0 saturated heterocycles. The van der Waals surface area contributed by atoms with Crippen LogP contribution >= 0.6 is 24.8 Å². The monoisotopic (exact) mass is 216 g/mol. The molecule has 1 unspecified atom stereocenters. The summed E-state index contributed by atoms with van der Waals surface area (Å²) in [4.78, 5) is 1.95. The van der Waals surface area contributed by atoms with Crippen molar-refractivity contribution in [3.63, 3.8) is 0 Å². The third kappa shape index (κ3) is 3.17. The van der Waals surface area contributed by atoms with Crippen LogP contribution in [0.4, 0.5) is 0 Å². The van der Waals surface area contributed by atoms with E-state index in [1.54, 1.807) is 0 Å². The van der Waals surface area contributed by atoms with Crippen LogP contribution in [0, 0.1) is 16.7 Å². The number of rotatable bonds is 3. The molecule has 0 N–H and O–H groups in total. The Kier molecular flexibility index (Phi) is 4.72. The summed E-state index contributed by atoms with van der Waals surface area (Å²) in [6.07, 6.45) is 0. The Hall–Kier alpha value is -0.270. The maximum atomic E-state index is 8.95. The van der Waals surface area contributed by atoms with Crippen molar-refractivity contribution < 1.29 is 0 Å². The van der Waals surface area contributed by atoms with Crippen LogP contribution in [0.5, 0.6) is 0 Å². The van der Waals surface area contributed by atoms with Crippen molar-refractivity contribution in [2.24, 2.45) is 5.41 Å². The minimum atomic E-state index is -0.400. The molecule has 0 heterocycles. The van der Waals surface area contributed by atoms with Crippen LogP contribution in [0.25, 0.3) is 0 Å². The molecule has 74 valence electrons. The van der Waals surface area contributed by atoms with E-state index in [0.717, 1.165) is 6.54 Å². The van der Waals surface area contributed by atoms with Gasteiger partial charge in [0.2, 0.25) is 0 Å². The zero-order valence-corrected chi connectivity index (χ0v) is 10.2. The normalized spacial score (nSPS) is 13.2. The van der Waals surface area contributed by atoms with Gasteiger partial charge in [0.1, 0.15) is 4.32 Å². The molecule has 2 nitrogen and oxygen atoms in total. The third-order valence-electron chi connectivity index (χ3n) is 2.39. The fourth-order valence-electron chi connectivity index (χ4n) is 1.06. The van der Waals surface area contributed by atoms with E-state index < -0.39 is 5.41 Å². The first-order valence-electron chi connectivity index (χ1n) is 4.27. The molecule has 0 aliphatic heterocycles. The molecular formula is C9H16N2S2. The van der Waals surface area contributed by atoms with Crippen molar-refractivity contribution in [2.75, 3.05) is 6.54 Å². The highest BCUT2D eigenvalue weighted by Crippen LogP contribution is 2.24. The maximum Gasteiger partial charge on any atom is 0.133 e. The van der Waals surface area contributed by atoms with Crippen LogP contribution in [-0.4, -0.2) is 21.8 Å². The van der Waals surface area contributed by atoms with E-state index in [2.05, 4.69) is 18.7 Å². The van der Waals surface area contributed by atoms with Gasteiger partial charge in [-0.1, -0.05) is 12.2 Å². The van der Waals surface area contributed by atoms with Crippen molar-refractivity contribution in [1.29, 1.82) is 5.26 Å². The molecule has 0 bridgehead atoms. The molecule has 0 fully saturated rings. The lowest BCUT2D eigenvalue weighted by atomic mass is 9.86. The number of hydrogen-bond donors (Lipinski definition) is 1. The van der Waals surface area contributed by atoms with Crippen LogP contribution < -0.4 is 0 Å². The lowest BCUT2D eigenvalue weighted by Crippen LogP contribution is -2.43. The number of thiol groups is 1. The van der Waals surface area contributed by atoms with E-state index in [1.165, 1.54) is 0 Å². The third-order valence-corrected chi connectivity index (χ3v) is 2.88. The maximum absolute atomic E-state index is 8.95. The van der Waals surface area contributed by atoms with Crippen LogP contribution in [-0.2, 0) is 0 Å². The second kappa shape index (κ2) is 4.83. The van der Waals surface area contributed by atoms with Gasteiger partial charge in [0, 0.05) is 12.6 Å². The summed E-state index contributed by atoms with van der Waals surface area (Å²) in [6, 6.07) is 2.37. The fraction of sp³-hybridized carbons (Fsp3) is 0.778. The first-order chi connectivity index (χ1) is 5.86. The molecule has 0 radical (unpaired) electrons. The minimum Gasteiger partial charge on any atom is -0.354 e. The summed E-state index contributed by atoms with van der Waals surface area (Å²) in [5.74, 6) is 0. The van der Waals surface area contributed by atoms with Gasteiger partial charge < -0.3 is 4.90 Å². The highest BCUT2D eigenvalue weighted by atomic mass is 32.1. The van der Waals surface area contributed by atoms with E-state index in [0.29, 0.717) is 4.32 Å². The van der Waals surface area contributed by atoms with Gasteiger partial charge >= 0.3 is 0 Å². The van der Waals surface area contributed by atoms with Gasteiger partial charge in [-0.25, -0.2) is 0 Å². The van der Waals surface area contributed by atoms with Crippen LogP contribution in [0.2, 0.25) is 0 Å². The number of thiocarbonyl (C=S) groups is 1. The van der Waals surface area contributed by atoms with Crippen molar-refractivity contribution in [3.05, 3.63) is 0 Å². The van der Waals surface area contributed by atoms with Crippen molar-refractivity contribution in [2.45, 2.75) is 33.7 Å². The van der Waals surface area contributed by atoms with Crippen molar-refractivity contribution in [1.82, 2.24) is 4.90 Å². The van der Waals surface area contributed by atoms with E-state index in [4.69, 9.17) is 17.5 Å². The average molecular weight is 216 g/mol. The van der Waals surface area contributed by atoms with E-state index >= 15 is 0 Å². The van der Waals surface area contributed by atoms with Gasteiger partial charge in [0.05, 0.1) is 11.5 Å². The average Bonchev–Trinajstić information content (AvgIpc) is 2.05. The van der Waals surface area contributed by atoms with Gasteiger partial charge in [0.25, 0.3) is 0 Å². The molecule has 0 aromatic heterocycles. The minimum absolute atomic E-state index is 0.0903. The molecule has 4 heteroatoms. The highest BCUT2D eigenvalue weighted by Gasteiger charge is 2.30. The van der Waals surface area contributed by atoms with Gasteiger partial charge in [-0.2, -0.15) is 5.26 Å². The van der Waals surface area contributed by atoms with E-state index in [9.17, 15) is 0 Å². The largest absolute Gasteiger partial charge is 0.354 e. The van der Waals surface area contributed by atoms with Gasteiger partial charge in [-0.3, -0.25) is 0 Å². The number of nitriles is 1. The van der Waals surface area contributed by atoms with Gasteiger partial charge in [-0.15, -0.1) is 12.6 Å². The second-order valence-corrected chi connectivity index (χ2v) is 4.69. The lowest BCUT2D eigenvalue weighted by molar-refractivity contribution is 0.230. The Labute approximate surface area is 91.3 Å². The van der Waals surface area contributed by atoms with Gasteiger partial charge in [0.15, 0.2) is 0 Å². The quantitative estimate of drug-likeness (QED) is 0.580. The van der Waals surface area contributed by atoms with Crippen LogP contribution in [0.3, 0.4) is 0 Å². The van der Waals surface area contributed by atoms with E-state index in [1.807, 2.05) is 32.6 Å². The van der Waals surface area contributed by atoms with Crippen LogP contribution in [0.15, 0.2) is 0 Å². The molecule has 0 amide bonds. The van der Waals surface area contributed by atoms with Crippen molar-refractivity contribution >= 4 is 29.2 Å². The molecule has 0 rings (SSSR count). The summed E-state index contributed by atoms with van der Waals surface area (Å²) in [5, 5.41) is 8.95. The molecule has 0 aromatic carbocycles. The standard InChI is InChI=1S/C9H16N2S2/c1-5-11(8(12)13)7(2)9(3,4)6-10/h7H,5H2,1-4H3,(H,12,13). The number of hydrogen-bond acceptors (Lipinski definition) is 2. The Morgan fingerprint density at radius 1 is 1.69 bits per heavy atom. The summed E-state index contributed by atoms with van der Waals surface area (Å²) in [7, 11) is 0. The van der Waals surface area contributed by atoms with Crippen molar-refractivity contribution in [3.8, 4) is 6.07 Å². The number of nitrogens with zero attached hydrogens (tertiary/aromatic N) is 2. The molecule has 0 saturated carbocycles. The summed E-state index contributed by atoms with van der Waals surface area (Å²) in [5.41, 5.74) is -0.400. The smallest absolute Gasteiger partial charge is 0.133 e. The molecule has 0 aliphatic rings. The second-order valence-electron chi connectivity index (χ2n) is 3.58. The first kappa shape index (κ1) is 12.7. The SMILES string of the molecule is CCN(C(=S)S)C(C)C(C)(C)C#N. The van der Waals surface area contributed by atoms with Gasteiger partial charge in [-0.05, 0) is 27.7 Å². The Bertz CT molecular complexity index is 230. The lowest BCUT2D eigenvalue weighted by Gasteiger charge is -2.35. The molecule has 0 aliphatic carbocycles. The first-order valence-corrected chi connectivity index (χ1v) is 5.13. The Morgan fingerprint density at radius 2 is 2.15 bits per heavy atom. The Balaban J connectivity index is 4.67. The highest BCUT2D eigenvalue weighted by molar-refractivity contribution is 8.10. The summed E-state index contributed by atoms with van der Waals surface area (Å²) in [6.45, 7) is 8.61. The molecular weight excluding hydrogens is 200 g/mol. The fourth-order valence-corrected chi connectivity index (χ4v) is 1.66. The predicted octanol–water partition coefficient (Wildman–Crippen LogP) is 2.46. The molecule has 13 heavy (non-hydrogen) atoms.